The van der Waals surface area contributed by atoms with Crippen molar-refractivity contribution in [2.45, 2.75) is 37.1 Å². The summed E-state index contributed by atoms with van der Waals surface area (Å²) in [6.07, 6.45) is 0. The molecule has 3 aromatic carbocycles. The molecule has 1 amide bonds. The van der Waals surface area contributed by atoms with Gasteiger partial charge in [0.25, 0.3) is 0 Å². The van der Waals surface area contributed by atoms with E-state index < -0.39 is 0 Å². The second kappa shape index (κ2) is 9.86. The molecule has 6 heteroatoms. The second-order valence-corrected chi connectivity index (χ2v) is 10.4. The monoisotopic (exact) mass is 476 g/mol. The molecule has 0 aliphatic carbocycles. The molecule has 1 aromatic heterocycles. The Morgan fingerprint density at radius 2 is 1.66 bits per heavy atom. The van der Waals surface area contributed by atoms with Crippen molar-refractivity contribution in [1.82, 2.24) is 4.57 Å². The Labute approximate surface area is 202 Å². The van der Waals surface area contributed by atoms with Crippen molar-refractivity contribution < 1.29 is 4.79 Å². The maximum Gasteiger partial charge on any atom is 0.244 e. The topological polar surface area (TPSA) is 34.0 Å². The van der Waals surface area contributed by atoms with Crippen LogP contribution in [0.2, 0.25) is 0 Å². The minimum absolute atomic E-state index is 0.0946. The number of nitrogens with one attached hydrogen (secondary N) is 1. The van der Waals surface area contributed by atoms with Crippen LogP contribution in [0.15, 0.2) is 81.9 Å². The van der Waals surface area contributed by atoms with Crippen LogP contribution in [-0.2, 0) is 11.3 Å². The van der Waals surface area contributed by atoms with Crippen molar-refractivity contribution in [3.8, 4) is 11.3 Å². The van der Waals surface area contributed by atoms with Crippen molar-refractivity contribution in [2.24, 2.45) is 0 Å². The lowest BCUT2D eigenvalue weighted by atomic mass is 10.1. The summed E-state index contributed by atoms with van der Waals surface area (Å²) in [6, 6.07) is 22.7. The molecule has 0 atom stereocenters. The quantitative estimate of drug-likeness (QED) is 0.290. The van der Waals surface area contributed by atoms with Crippen LogP contribution < -0.4 is 5.32 Å². The molecule has 32 heavy (non-hydrogen) atoms. The average molecular weight is 477 g/mol. The summed E-state index contributed by atoms with van der Waals surface area (Å²) in [5, 5.41) is 5.01. The summed E-state index contributed by atoms with van der Waals surface area (Å²) in [4.78, 5) is 15.1. The number of amides is 1. The van der Waals surface area contributed by atoms with Gasteiger partial charge in [0.15, 0.2) is 3.95 Å². The molecule has 162 valence electrons. The van der Waals surface area contributed by atoms with Crippen molar-refractivity contribution in [3.63, 3.8) is 0 Å². The normalized spacial score (nSPS) is 10.8. The van der Waals surface area contributed by atoms with E-state index in [4.69, 9.17) is 12.2 Å². The minimum Gasteiger partial charge on any atom is -0.325 e. The Kier molecular flexibility index (Phi) is 6.94. The zero-order valence-corrected chi connectivity index (χ0v) is 20.7. The van der Waals surface area contributed by atoms with Crippen molar-refractivity contribution in [1.29, 1.82) is 0 Å². The lowest BCUT2D eigenvalue weighted by Crippen LogP contribution is -2.19. The maximum atomic E-state index is 12.7. The summed E-state index contributed by atoms with van der Waals surface area (Å²) in [6.45, 7) is 6.47. The first-order valence-corrected chi connectivity index (χ1v) is 12.4. The molecule has 0 bridgehead atoms. The molecule has 0 unspecified atom stereocenters. The number of carbonyl (C=O) groups excluding carboxylic acids is 1. The maximum absolute atomic E-state index is 12.7. The van der Waals surface area contributed by atoms with Crippen LogP contribution in [0.25, 0.3) is 11.3 Å². The fourth-order valence-corrected chi connectivity index (χ4v) is 5.40. The first-order valence-electron chi connectivity index (χ1n) is 10.3. The van der Waals surface area contributed by atoms with Crippen LogP contribution >= 0.6 is 35.3 Å². The third-order valence-electron chi connectivity index (χ3n) is 5.14. The van der Waals surface area contributed by atoms with Crippen molar-refractivity contribution in [2.75, 3.05) is 5.32 Å². The molecule has 0 fully saturated rings. The lowest BCUT2D eigenvalue weighted by Gasteiger charge is -2.11. The molecule has 1 heterocycles. The van der Waals surface area contributed by atoms with Gasteiger partial charge in [-0.3, -0.25) is 4.79 Å². The molecule has 0 saturated carbocycles. The van der Waals surface area contributed by atoms with E-state index in [0.29, 0.717) is 3.95 Å². The van der Waals surface area contributed by atoms with Gasteiger partial charge in [-0.15, -0.1) is 11.3 Å². The lowest BCUT2D eigenvalue weighted by molar-refractivity contribution is -0.116. The van der Waals surface area contributed by atoms with E-state index in [-0.39, 0.29) is 12.5 Å². The Bertz CT molecular complexity index is 1300. The summed E-state index contributed by atoms with van der Waals surface area (Å²) < 4.78 is 2.58. The van der Waals surface area contributed by atoms with Crippen molar-refractivity contribution in [3.05, 3.63) is 92.8 Å². The first-order chi connectivity index (χ1) is 15.4. The predicted molar refractivity (Wildman–Crippen MR) is 138 cm³/mol. The Balaban J connectivity index is 1.44. The Morgan fingerprint density at radius 3 is 2.38 bits per heavy atom. The van der Waals surface area contributed by atoms with Gasteiger partial charge in [-0.25, -0.2) is 0 Å². The fraction of sp³-hybridized carbons (Fsp3) is 0.154. The smallest absolute Gasteiger partial charge is 0.244 e. The van der Waals surface area contributed by atoms with E-state index in [2.05, 4.69) is 68.6 Å². The molecule has 4 rings (SSSR count). The minimum atomic E-state index is -0.0946. The number of benzene rings is 3. The number of anilines is 1. The zero-order valence-electron chi connectivity index (χ0n) is 18.2. The molecule has 0 radical (unpaired) electrons. The molecule has 3 nitrogen and oxygen atoms in total. The fourth-order valence-electron chi connectivity index (χ4n) is 3.32. The SMILES string of the molecule is Cc1ccc(-c2csc(=S)n2CC(=O)Nc2ccc(Sc3cc(C)ccc3C)cc2)cc1. The molecule has 0 aliphatic heterocycles. The number of hydrogen-bond donors (Lipinski definition) is 1. The number of nitrogens with zero attached hydrogens (tertiary/aromatic N) is 1. The Morgan fingerprint density at radius 1 is 0.969 bits per heavy atom. The second-order valence-electron chi connectivity index (χ2n) is 7.78. The van der Waals surface area contributed by atoms with Gasteiger partial charge in [0.2, 0.25) is 5.91 Å². The molecular weight excluding hydrogens is 453 g/mol. The largest absolute Gasteiger partial charge is 0.325 e. The van der Waals surface area contributed by atoms with E-state index in [0.717, 1.165) is 21.8 Å². The number of thiazole rings is 1. The molecule has 1 N–H and O–H groups in total. The highest BCUT2D eigenvalue weighted by Gasteiger charge is 2.12. The van der Waals surface area contributed by atoms with E-state index in [9.17, 15) is 4.79 Å². The standard InChI is InChI=1S/C26H24N2OS3/c1-17-5-8-20(9-6-17)23-16-31-26(30)28(23)15-25(29)27-21-10-12-22(13-11-21)32-24-14-18(2)4-7-19(24)3/h4-14,16H,15H2,1-3H3,(H,27,29). The number of hydrogen-bond acceptors (Lipinski definition) is 4. The summed E-state index contributed by atoms with van der Waals surface area (Å²) in [5.41, 5.74) is 6.51. The van der Waals surface area contributed by atoms with Gasteiger partial charge in [-0.1, -0.05) is 53.7 Å². The van der Waals surface area contributed by atoms with Crippen LogP contribution in [0.5, 0.6) is 0 Å². The predicted octanol–water partition coefficient (Wildman–Crippen LogP) is 7.66. The summed E-state index contributed by atoms with van der Waals surface area (Å²) in [5.74, 6) is -0.0946. The molecule has 0 spiro atoms. The third-order valence-corrected chi connectivity index (χ3v) is 7.58. The third kappa shape index (κ3) is 5.38. The Hall–Kier alpha value is -2.67. The van der Waals surface area contributed by atoms with E-state index in [1.807, 2.05) is 34.2 Å². The van der Waals surface area contributed by atoms with Crippen LogP contribution in [0.4, 0.5) is 5.69 Å². The highest BCUT2D eigenvalue weighted by molar-refractivity contribution is 7.99. The van der Waals surface area contributed by atoms with Crippen LogP contribution in [0.1, 0.15) is 16.7 Å². The van der Waals surface area contributed by atoms with Crippen molar-refractivity contribution >= 4 is 46.9 Å². The summed E-state index contributed by atoms with van der Waals surface area (Å²) >= 11 is 8.69. The number of aryl methyl sites for hydroxylation is 3. The highest BCUT2D eigenvalue weighted by Crippen LogP contribution is 2.31. The first kappa shape index (κ1) is 22.5. The number of aromatic nitrogens is 1. The number of rotatable bonds is 6. The molecule has 4 aromatic rings. The van der Waals surface area contributed by atoms with Gasteiger partial charge in [-0.05, 0) is 80.0 Å². The van der Waals surface area contributed by atoms with Gasteiger partial charge in [0.05, 0.1) is 5.69 Å². The van der Waals surface area contributed by atoms with E-state index in [1.165, 1.54) is 32.9 Å². The van der Waals surface area contributed by atoms with E-state index in [1.54, 1.807) is 11.8 Å². The van der Waals surface area contributed by atoms with Crippen LogP contribution in [0.3, 0.4) is 0 Å². The molecule has 0 saturated heterocycles. The highest BCUT2D eigenvalue weighted by atomic mass is 32.2. The molecule has 0 aliphatic rings. The van der Waals surface area contributed by atoms with Gasteiger partial charge in [0, 0.05) is 20.9 Å². The van der Waals surface area contributed by atoms with E-state index >= 15 is 0 Å². The summed E-state index contributed by atoms with van der Waals surface area (Å²) in [7, 11) is 0. The molecular formula is C26H24N2OS3. The van der Waals surface area contributed by atoms with Gasteiger partial charge >= 0.3 is 0 Å². The van der Waals surface area contributed by atoms with Gasteiger partial charge < -0.3 is 9.88 Å². The van der Waals surface area contributed by atoms with Gasteiger partial charge in [0.1, 0.15) is 6.54 Å². The number of carbonyl (C=O) groups is 1. The zero-order chi connectivity index (χ0) is 22.7. The van der Waals surface area contributed by atoms with Gasteiger partial charge in [-0.2, -0.15) is 0 Å². The van der Waals surface area contributed by atoms with Crippen LogP contribution in [0, 0.1) is 24.7 Å². The van der Waals surface area contributed by atoms with Crippen LogP contribution in [-0.4, -0.2) is 10.5 Å². The average Bonchev–Trinajstić information content (AvgIpc) is 3.13.